The summed E-state index contributed by atoms with van der Waals surface area (Å²) in [5.41, 5.74) is 2.05. The normalized spacial score (nSPS) is 11.6. The van der Waals surface area contributed by atoms with Crippen LogP contribution < -0.4 is 15.4 Å². The van der Waals surface area contributed by atoms with Crippen LogP contribution in [0.1, 0.15) is 18.1 Å². The molecule has 0 saturated carbocycles. The topological polar surface area (TPSA) is 82.6 Å². The fourth-order valence-electron chi connectivity index (χ4n) is 2.50. The van der Waals surface area contributed by atoms with Gasteiger partial charge in [-0.05, 0) is 36.6 Å². The van der Waals surface area contributed by atoms with E-state index in [4.69, 9.17) is 11.6 Å². The van der Waals surface area contributed by atoms with Gasteiger partial charge in [-0.1, -0.05) is 54.1 Å². The van der Waals surface area contributed by atoms with Crippen molar-refractivity contribution in [2.45, 2.75) is 19.9 Å². The molecule has 0 aliphatic heterocycles. The van der Waals surface area contributed by atoms with Gasteiger partial charge in [-0.3, -0.25) is 4.99 Å². The maximum absolute atomic E-state index is 12.1. The standard InChI is InChI=1S/C20H27ClN4O2S.HI/c1-2-22-20(23-12-11-17-9-6-10-19(21)15-17)24-13-14-28(26,27)25-16-18-7-4-3-5-8-18;/h3-10,15,25H,2,11-14,16H2,1H3,(H2,22,23,24);1H. The van der Waals surface area contributed by atoms with Crippen LogP contribution in [-0.2, 0) is 23.0 Å². The second-order valence-electron chi connectivity index (χ2n) is 6.19. The van der Waals surface area contributed by atoms with E-state index >= 15 is 0 Å². The van der Waals surface area contributed by atoms with Gasteiger partial charge in [-0.25, -0.2) is 13.1 Å². The Labute approximate surface area is 195 Å². The molecule has 9 heteroatoms. The average Bonchev–Trinajstić information content (AvgIpc) is 2.67. The molecule has 3 N–H and O–H groups in total. The molecule has 0 heterocycles. The summed E-state index contributed by atoms with van der Waals surface area (Å²) in [4.78, 5) is 4.35. The number of sulfonamides is 1. The number of halogens is 2. The molecular formula is C20H28ClIN4O2S. The van der Waals surface area contributed by atoms with Crippen molar-refractivity contribution in [1.82, 2.24) is 15.4 Å². The molecule has 0 amide bonds. The van der Waals surface area contributed by atoms with Crippen molar-refractivity contribution in [1.29, 1.82) is 0 Å². The van der Waals surface area contributed by atoms with E-state index in [0.717, 1.165) is 17.5 Å². The Morgan fingerprint density at radius 3 is 2.45 bits per heavy atom. The highest BCUT2D eigenvalue weighted by Gasteiger charge is 2.09. The van der Waals surface area contributed by atoms with Crippen LogP contribution in [0.4, 0.5) is 0 Å². The first-order chi connectivity index (χ1) is 13.5. The molecule has 2 aromatic carbocycles. The van der Waals surface area contributed by atoms with Crippen molar-refractivity contribution in [3.05, 3.63) is 70.7 Å². The SMILES string of the molecule is CCNC(=NCCS(=O)(=O)NCc1ccccc1)NCCc1cccc(Cl)c1.I. The largest absolute Gasteiger partial charge is 0.357 e. The first-order valence-electron chi connectivity index (χ1n) is 9.26. The zero-order valence-corrected chi connectivity index (χ0v) is 20.3. The molecule has 29 heavy (non-hydrogen) atoms. The van der Waals surface area contributed by atoms with E-state index in [-0.39, 0.29) is 42.8 Å². The molecule has 6 nitrogen and oxygen atoms in total. The lowest BCUT2D eigenvalue weighted by Crippen LogP contribution is -2.39. The zero-order chi connectivity index (χ0) is 20.2. The van der Waals surface area contributed by atoms with E-state index in [0.29, 0.717) is 24.1 Å². The average molecular weight is 551 g/mol. The van der Waals surface area contributed by atoms with Gasteiger partial charge in [0.15, 0.2) is 5.96 Å². The Morgan fingerprint density at radius 1 is 1.03 bits per heavy atom. The molecule has 0 unspecified atom stereocenters. The number of rotatable bonds is 10. The van der Waals surface area contributed by atoms with Gasteiger partial charge >= 0.3 is 0 Å². The lowest BCUT2D eigenvalue weighted by atomic mass is 10.1. The minimum atomic E-state index is -3.39. The molecule has 160 valence electrons. The summed E-state index contributed by atoms with van der Waals surface area (Å²) < 4.78 is 26.9. The molecular weight excluding hydrogens is 523 g/mol. The Hall–Kier alpha value is -1.36. The zero-order valence-electron chi connectivity index (χ0n) is 16.4. The summed E-state index contributed by atoms with van der Waals surface area (Å²) in [5, 5.41) is 7.05. The number of aliphatic imine (C=N–C) groups is 1. The second-order valence-corrected chi connectivity index (χ2v) is 8.56. The Morgan fingerprint density at radius 2 is 1.76 bits per heavy atom. The van der Waals surface area contributed by atoms with Crippen LogP contribution in [0.3, 0.4) is 0 Å². The molecule has 0 saturated heterocycles. The van der Waals surface area contributed by atoms with Crippen LogP contribution >= 0.6 is 35.6 Å². The van der Waals surface area contributed by atoms with Gasteiger partial charge in [0.25, 0.3) is 0 Å². The first-order valence-corrected chi connectivity index (χ1v) is 11.3. The fourth-order valence-corrected chi connectivity index (χ4v) is 3.57. The molecule has 0 aliphatic rings. The number of guanidine groups is 1. The number of hydrogen-bond acceptors (Lipinski definition) is 3. The van der Waals surface area contributed by atoms with E-state index in [9.17, 15) is 8.42 Å². The molecule has 2 aromatic rings. The van der Waals surface area contributed by atoms with Crippen LogP contribution in [0.15, 0.2) is 59.6 Å². The summed E-state index contributed by atoms with van der Waals surface area (Å²) in [6.45, 7) is 3.79. The van der Waals surface area contributed by atoms with Gasteiger partial charge in [0.2, 0.25) is 10.0 Å². The number of benzene rings is 2. The molecule has 0 fully saturated rings. The minimum Gasteiger partial charge on any atom is -0.357 e. The van der Waals surface area contributed by atoms with E-state index < -0.39 is 10.0 Å². The molecule has 0 aromatic heterocycles. The lowest BCUT2D eigenvalue weighted by molar-refractivity contribution is 0.581. The van der Waals surface area contributed by atoms with Crippen LogP contribution in [0.2, 0.25) is 5.02 Å². The van der Waals surface area contributed by atoms with Gasteiger partial charge < -0.3 is 10.6 Å². The minimum absolute atomic E-state index is 0. The van der Waals surface area contributed by atoms with Gasteiger partial charge in [-0.2, -0.15) is 0 Å². The van der Waals surface area contributed by atoms with Crippen molar-refractivity contribution in [2.24, 2.45) is 4.99 Å². The maximum atomic E-state index is 12.1. The summed E-state index contributed by atoms with van der Waals surface area (Å²) >= 11 is 5.99. The Kier molecular flexibility index (Phi) is 12.2. The maximum Gasteiger partial charge on any atom is 0.213 e. The predicted octanol–water partition coefficient (Wildman–Crippen LogP) is 3.18. The molecule has 0 aliphatic carbocycles. The molecule has 2 rings (SSSR count). The highest BCUT2D eigenvalue weighted by Crippen LogP contribution is 2.10. The van der Waals surface area contributed by atoms with Gasteiger partial charge in [0, 0.05) is 24.7 Å². The molecule has 0 radical (unpaired) electrons. The highest BCUT2D eigenvalue weighted by molar-refractivity contribution is 14.0. The predicted molar refractivity (Wildman–Crippen MR) is 132 cm³/mol. The van der Waals surface area contributed by atoms with E-state index in [1.54, 1.807) is 0 Å². The summed E-state index contributed by atoms with van der Waals surface area (Å²) in [7, 11) is -3.39. The second kappa shape index (κ2) is 13.8. The van der Waals surface area contributed by atoms with Crippen LogP contribution in [-0.4, -0.2) is 39.8 Å². The van der Waals surface area contributed by atoms with Crippen molar-refractivity contribution in [3.8, 4) is 0 Å². The Bertz CT molecular complexity index is 864. The van der Waals surface area contributed by atoms with Gasteiger partial charge in [-0.15, -0.1) is 24.0 Å². The Balaban J connectivity index is 0.00000420. The quantitative estimate of drug-likeness (QED) is 0.241. The summed E-state index contributed by atoms with van der Waals surface area (Å²) in [5.74, 6) is 0.535. The number of hydrogen-bond donors (Lipinski definition) is 3. The van der Waals surface area contributed by atoms with Crippen molar-refractivity contribution in [2.75, 3.05) is 25.4 Å². The smallest absolute Gasteiger partial charge is 0.213 e. The van der Waals surface area contributed by atoms with Crippen molar-refractivity contribution < 1.29 is 8.42 Å². The van der Waals surface area contributed by atoms with Gasteiger partial charge in [0.1, 0.15) is 0 Å². The van der Waals surface area contributed by atoms with E-state index in [1.807, 2.05) is 61.5 Å². The third kappa shape index (κ3) is 10.8. The molecule has 0 atom stereocenters. The van der Waals surface area contributed by atoms with Gasteiger partial charge in [0.05, 0.1) is 12.3 Å². The van der Waals surface area contributed by atoms with E-state index in [2.05, 4.69) is 20.3 Å². The summed E-state index contributed by atoms with van der Waals surface area (Å²) in [6, 6.07) is 17.1. The third-order valence-corrected chi connectivity index (χ3v) is 5.45. The number of nitrogens with one attached hydrogen (secondary N) is 3. The number of nitrogens with zero attached hydrogens (tertiary/aromatic N) is 1. The monoisotopic (exact) mass is 550 g/mol. The highest BCUT2D eigenvalue weighted by atomic mass is 127. The summed E-state index contributed by atoms with van der Waals surface area (Å²) in [6.07, 6.45) is 0.794. The van der Waals surface area contributed by atoms with Crippen LogP contribution in [0, 0.1) is 0 Å². The fraction of sp³-hybridized carbons (Fsp3) is 0.350. The van der Waals surface area contributed by atoms with Crippen molar-refractivity contribution in [3.63, 3.8) is 0 Å². The lowest BCUT2D eigenvalue weighted by Gasteiger charge is -2.12. The van der Waals surface area contributed by atoms with Crippen LogP contribution in [0.5, 0.6) is 0 Å². The third-order valence-electron chi connectivity index (χ3n) is 3.91. The molecule has 0 spiro atoms. The van der Waals surface area contributed by atoms with Crippen LogP contribution in [0.25, 0.3) is 0 Å². The first kappa shape index (κ1) is 25.7. The molecule has 0 bridgehead atoms. The van der Waals surface area contributed by atoms with Crippen molar-refractivity contribution >= 4 is 51.6 Å². The van der Waals surface area contributed by atoms with E-state index in [1.165, 1.54) is 0 Å².